The molecule has 1 aromatic rings. The van der Waals surface area contributed by atoms with E-state index in [9.17, 15) is 5.21 Å². The van der Waals surface area contributed by atoms with Crippen molar-refractivity contribution in [2.45, 2.75) is 19.4 Å². The fourth-order valence-corrected chi connectivity index (χ4v) is 2.53. The van der Waals surface area contributed by atoms with Crippen molar-refractivity contribution in [3.05, 3.63) is 40.6 Å². The van der Waals surface area contributed by atoms with E-state index in [-0.39, 0.29) is 6.54 Å². The van der Waals surface area contributed by atoms with Crippen LogP contribution < -0.4 is 5.84 Å². The van der Waals surface area contributed by atoms with E-state index in [1.807, 2.05) is 24.3 Å². The lowest BCUT2D eigenvalue weighted by atomic mass is 10.0. The van der Waals surface area contributed by atoms with Crippen molar-refractivity contribution in [1.82, 2.24) is 4.90 Å². The van der Waals surface area contributed by atoms with Gasteiger partial charge >= 0.3 is 0 Å². The summed E-state index contributed by atoms with van der Waals surface area (Å²) < 4.78 is 0. The second-order valence-electron chi connectivity index (χ2n) is 4.69. The first kappa shape index (κ1) is 10.7. The Hall–Kier alpha value is -1.43. The van der Waals surface area contributed by atoms with Crippen molar-refractivity contribution in [3.63, 3.8) is 0 Å². The molecule has 0 saturated carbocycles. The molecule has 3 rings (SSSR count). The molecule has 0 spiro atoms. The Morgan fingerprint density at radius 2 is 1.94 bits per heavy atom. The van der Waals surface area contributed by atoms with Gasteiger partial charge < -0.3 is 10.1 Å². The highest BCUT2D eigenvalue weighted by molar-refractivity contribution is 6.00. The molecule has 1 aromatic carbocycles. The van der Waals surface area contributed by atoms with Crippen LogP contribution in [0.2, 0.25) is 0 Å². The van der Waals surface area contributed by atoms with E-state index in [1.165, 1.54) is 0 Å². The van der Waals surface area contributed by atoms with Crippen LogP contribution in [0.5, 0.6) is 0 Å². The van der Waals surface area contributed by atoms with Crippen molar-refractivity contribution in [3.8, 4) is 0 Å². The van der Waals surface area contributed by atoms with E-state index in [4.69, 9.17) is 5.84 Å². The molecular weight excluding hydrogens is 216 g/mol. The minimum absolute atomic E-state index is 0.216. The minimum atomic E-state index is -1.04. The molecule has 2 aliphatic heterocycles. The van der Waals surface area contributed by atoms with Crippen LogP contribution in [0, 0.1) is 5.21 Å². The van der Waals surface area contributed by atoms with Gasteiger partial charge in [-0.3, -0.25) is 0 Å². The van der Waals surface area contributed by atoms with Crippen LogP contribution in [0.25, 0.3) is 0 Å². The summed E-state index contributed by atoms with van der Waals surface area (Å²) in [7, 11) is 0. The standard InChI is InChI=1S/C12H16N4O/c13-16(17)9-10-5-1-2-6-11(10)12(14-16)15-7-3-4-8-15/h1-2,5-6H,3-4,7-9,13H2. The third kappa shape index (κ3) is 1.93. The Morgan fingerprint density at radius 1 is 1.24 bits per heavy atom. The molecule has 1 saturated heterocycles. The Kier molecular flexibility index (Phi) is 2.39. The lowest BCUT2D eigenvalue weighted by Crippen LogP contribution is -2.49. The predicted octanol–water partition coefficient (Wildman–Crippen LogP) is 1.15. The highest BCUT2D eigenvalue weighted by Gasteiger charge is 2.29. The molecule has 0 aromatic heterocycles. The van der Waals surface area contributed by atoms with E-state index in [0.717, 1.165) is 42.9 Å². The summed E-state index contributed by atoms with van der Waals surface area (Å²) in [5.74, 6) is 6.38. The van der Waals surface area contributed by atoms with Gasteiger partial charge in [-0.2, -0.15) is 10.7 Å². The molecular formula is C12H16N4O. The van der Waals surface area contributed by atoms with Crippen LogP contribution in [-0.4, -0.2) is 28.7 Å². The maximum Gasteiger partial charge on any atom is 0.195 e. The van der Waals surface area contributed by atoms with Gasteiger partial charge in [0.05, 0.1) is 0 Å². The SMILES string of the molecule is N[N+]1([O-])Cc2ccccc2C(N2CCCC2)=N1. The van der Waals surface area contributed by atoms with Crippen molar-refractivity contribution in [1.29, 1.82) is 0 Å². The lowest BCUT2D eigenvalue weighted by molar-refractivity contribution is -0.913. The number of fused-ring (bicyclic) bond motifs is 1. The summed E-state index contributed by atoms with van der Waals surface area (Å²) in [6.07, 6.45) is 2.31. The quantitative estimate of drug-likeness (QED) is 0.414. The summed E-state index contributed by atoms with van der Waals surface area (Å²) >= 11 is 0. The Balaban J connectivity index is 2.06. The minimum Gasteiger partial charge on any atom is -0.584 e. The zero-order valence-corrected chi connectivity index (χ0v) is 9.67. The highest BCUT2D eigenvalue weighted by atomic mass is 16.6. The molecule has 0 radical (unpaired) electrons. The molecule has 5 heteroatoms. The monoisotopic (exact) mass is 232 g/mol. The normalized spacial score (nSPS) is 27.9. The van der Waals surface area contributed by atoms with E-state index in [2.05, 4.69) is 10.0 Å². The molecule has 5 nitrogen and oxygen atoms in total. The molecule has 2 heterocycles. The van der Waals surface area contributed by atoms with Gasteiger partial charge in [-0.1, -0.05) is 24.3 Å². The van der Waals surface area contributed by atoms with Gasteiger partial charge in [0.1, 0.15) is 6.54 Å². The number of quaternary nitrogens is 1. The summed E-state index contributed by atoms with van der Waals surface area (Å²) in [5.41, 5.74) is 2.05. The van der Waals surface area contributed by atoms with Crippen LogP contribution in [0.1, 0.15) is 24.0 Å². The predicted molar refractivity (Wildman–Crippen MR) is 65.3 cm³/mol. The van der Waals surface area contributed by atoms with Gasteiger partial charge in [-0.05, 0) is 17.9 Å². The number of rotatable bonds is 0. The Labute approximate surface area is 100 Å². The van der Waals surface area contributed by atoms with Crippen LogP contribution >= 0.6 is 0 Å². The average Bonchev–Trinajstić information content (AvgIpc) is 2.80. The largest absolute Gasteiger partial charge is 0.584 e. The second-order valence-corrected chi connectivity index (χ2v) is 4.69. The topological polar surface area (TPSA) is 64.7 Å². The molecule has 0 aliphatic carbocycles. The van der Waals surface area contributed by atoms with Crippen LogP contribution in [-0.2, 0) is 6.54 Å². The first-order valence-corrected chi connectivity index (χ1v) is 5.97. The molecule has 17 heavy (non-hydrogen) atoms. The number of benzene rings is 1. The van der Waals surface area contributed by atoms with E-state index < -0.39 is 4.86 Å². The molecule has 0 bridgehead atoms. The number of nitrogens with zero attached hydrogens (tertiary/aromatic N) is 3. The molecule has 2 aliphatic rings. The first-order chi connectivity index (χ1) is 8.16. The van der Waals surface area contributed by atoms with Crippen LogP contribution in [0.4, 0.5) is 0 Å². The molecule has 0 amide bonds. The number of hydrogen-bond donors (Lipinski definition) is 1. The highest BCUT2D eigenvalue weighted by Crippen LogP contribution is 2.24. The van der Waals surface area contributed by atoms with Gasteiger partial charge in [-0.15, -0.1) is 0 Å². The number of hydroxylamine groups is 1. The van der Waals surface area contributed by atoms with Gasteiger partial charge in [0.2, 0.25) is 0 Å². The van der Waals surface area contributed by atoms with Crippen molar-refractivity contribution >= 4 is 5.84 Å². The number of likely N-dealkylation sites (tertiary alicyclic amines) is 1. The van der Waals surface area contributed by atoms with Gasteiger partial charge in [0, 0.05) is 24.2 Å². The third-order valence-corrected chi connectivity index (χ3v) is 3.32. The molecule has 1 atom stereocenters. The Morgan fingerprint density at radius 3 is 2.71 bits per heavy atom. The van der Waals surface area contributed by atoms with Crippen molar-refractivity contribution in [2.24, 2.45) is 10.9 Å². The number of nitrogens with two attached hydrogens (primary N) is 1. The van der Waals surface area contributed by atoms with E-state index in [0.29, 0.717) is 0 Å². The number of amidine groups is 1. The molecule has 1 unspecified atom stereocenters. The van der Waals surface area contributed by atoms with Crippen LogP contribution in [0.3, 0.4) is 0 Å². The summed E-state index contributed by atoms with van der Waals surface area (Å²) in [6, 6.07) is 7.89. The van der Waals surface area contributed by atoms with Crippen molar-refractivity contribution in [2.75, 3.05) is 13.1 Å². The summed E-state index contributed by atoms with van der Waals surface area (Å²) in [4.78, 5) is 1.12. The smallest absolute Gasteiger partial charge is 0.195 e. The van der Waals surface area contributed by atoms with E-state index >= 15 is 0 Å². The number of hydrogen-bond acceptors (Lipinski definition) is 4. The lowest BCUT2D eigenvalue weighted by Gasteiger charge is -2.36. The van der Waals surface area contributed by atoms with Gasteiger partial charge in [0.25, 0.3) is 0 Å². The zero-order valence-electron chi connectivity index (χ0n) is 9.67. The molecule has 2 N–H and O–H groups in total. The van der Waals surface area contributed by atoms with Gasteiger partial charge in [0.15, 0.2) is 5.84 Å². The van der Waals surface area contributed by atoms with Crippen molar-refractivity contribution < 1.29 is 4.86 Å². The summed E-state index contributed by atoms with van der Waals surface area (Å²) in [5, 5.41) is 16.1. The maximum absolute atomic E-state index is 12.0. The average molecular weight is 232 g/mol. The summed E-state index contributed by atoms with van der Waals surface area (Å²) in [6.45, 7) is 2.15. The first-order valence-electron chi connectivity index (χ1n) is 5.97. The maximum atomic E-state index is 12.0. The third-order valence-electron chi connectivity index (χ3n) is 3.32. The van der Waals surface area contributed by atoms with Gasteiger partial charge in [-0.25, -0.2) is 0 Å². The fraction of sp³-hybridized carbons (Fsp3) is 0.417. The Bertz CT molecular complexity index is 463. The molecule has 90 valence electrons. The molecule has 1 fully saturated rings. The fourth-order valence-electron chi connectivity index (χ4n) is 2.53. The second kappa shape index (κ2) is 3.80. The van der Waals surface area contributed by atoms with Crippen LogP contribution in [0.15, 0.2) is 29.4 Å². The van der Waals surface area contributed by atoms with E-state index in [1.54, 1.807) is 0 Å². The zero-order chi connectivity index (χ0) is 11.9.